The Labute approximate surface area is 149 Å². The van der Waals surface area contributed by atoms with Crippen LogP contribution < -0.4 is 4.72 Å². The first-order chi connectivity index (χ1) is 11.8. The molecule has 9 heteroatoms. The molecule has 1 saturated heterocycles. The topological polar surface area (TPSA) is 95.8 Å². The summed E-state index contributed by atoms with van der Waals surface area (Å²) in [5, 5.41) is 10.6. The summed E-state index contributed by atoms with van der Waals surface area (Å²) in [6.45, 7) is 6.31. The van der Waals surface area contributed by atoms with Crippen LogP contribution in [0.25, 0.3) is 0 Å². The van der Waals surface area contributed by atoms with Crippen LogP contribution in [-0.2, 0) is 16.4 Å². The number of likely N-dealkylation sites (N-methyl/N-ethyl adjacent to an activating group) is 1. The summed E-state index contributed by atoms with van der Waals surface area (Å²) in [6, 6.07) is 6.14. The smallest absolute Gasteiger partial charge is 0.269 e. The largest absolute Gasteiger partial charge is 0.304 e. The molecular formula is C16H26N4O4S. The first-order valence-corrected chi connectivity index (χ1v) is 10.1. The van der Waals surface area contributed by atoms with E-state index in [0.29, 0.717) is 13.0 Å². The molecule has 0 saturated carbocycles. The van der Waals surface area contributed by atoms with Crippen molar-refractivity contribution in [2.45, 2.75) is 19.4 Å². The number of nitro groups is 1. The Bertz CT molecular complexity index is 670. The Kier molecular flexibility index (Phi) is 6.88. The highest BCUT2D eigenvalue weighted by Crippen LogP contribution is 2.12. The van der Waals surface area contributed by atoms with E-state index in [-0.39, 0.29) is 17.5 Å². The highest BCUT2D eigenvalue weighted by Gasteiger charge is 2.20. The highest BCUT2D eigenvalue weighted by atomic mass is 32.2. The Morgan fingerprint density at radius 2 is 1.80 bits per heavy atom. The molecule has 1 atom stereocenters. The fourth-order valence-electron chi connectivity index (χ4n) is 2.75. The molecule has 1 N–H and O–H groups in total. The molecule has 25 heavy (non-hydrogen) atoms. The van der Waals surface area contributed by atoms with Crippen LogP contribution in [0.1, 0.15) is 12.5 Å². The van der Waals surface area contributed by atoms with Crippen LogP contribution in [-0.4, -0.2) is 74.7 Å². The second-order valence-corrected chi connectivity index (χ2v) is 8.46. The van der Waals surface area contributed by atoms with Crippen LogP contribution in [0.4, 0.5) is 5.69 Å². The summed E-state index contributed by atoms with van der Waals surface area (Å²) in [4.78, 5) is 14.7. The zero-order valence-electron chi connectivity index (χ0n) is 14.7. The lowest BCUT2D eigenvalue weighted by Gasteiger charge is -2.36. The van der Waals surface area contributed by atoms with Crippen LogP contribution >= 0.6 is 0 Å². The van der Waals surface area contributed by atoms with E-state index in [0.717, 1.165) is 31.7 Å². The molecule has 0 aliphatic carbocycles. The van der Waals surface area contributed by atoms with Gasteiger partial charge in [0.25, 0.3) is 5.69 Å². The van der Waals surface area contributed by atoms with E-state index < -0.39 is 14.9 Å². The highest BCUT2D eigenvalue weighted by molar-refractivity contribution is 7.89. The molecule has 1 aromatic carbocycles. The molecule has 8 nitrogen and oxygen atoms in total. The number of sulfonamides is 1. The molecule has 1 unspecified atom stereocenters. The Morgan fingerprint density at radius 3 is 2.36 bits per heavy atom. The van der Waals surface area contributed by atoms with Crippen LogP contribution in [0.5, 0.6) is 0 Å². The maximum atomic E-state index is 12.2. The quantitative estimate of drug-likeness (QED) is 0.534. The summed E-state index contributed by atoms with van der Waals surface area (Å²) < 4.78 is 27.0. The van der Waals surface area contributed by atoms with Gasteiger partial charge in [0.1, 0.15) is 0 Å². The van der Waals surface area contributed by atoms with Crippen molar-refractivity contribution >= 4 is 15.7 Å². The summed E-state index contributed by atoms with van der Waals surface area (Å²) in [7, 11) is -1.29. The third-order valence-corrected chi connectivity index (χ3v) is 5.91. The Balaban J connectivity index is 1.78. The van der Waals surface area contributed by atoms with Crippen molar-refractivity contribution in [1.29, 1.82) is 0 Å². The lowest BCUT2D eigenvalue weighted by molar-refractivity contribution is -0.384. The van der Waals surface area contributed by atoms with Gasteiger partial charge in [-0.2, -0.15) is 0 Å². The van der Waals surface area contributed by atoms with Gasteiger partial charge in [0.15, 0.2) is 0 Å². The van der Waals surface area contributed by atoms with Crippen molar-refractivity contribution in [1.82, 2.24) is 14.5 Å². The number of piperazine rings is 1. The van der Waals surface area contributed by atoms with Gasteiger partial charge >= 0.3 is 0 Å². The number of nitrogens with one attached hydrogen (secondary N) is 1. The predicted octanol–water partition coefficient (Wildman–Crippen LogP) is 0.693. The summed E-state index contributed by atoms with van der Waals surface area (Å²) in [5.41, 5.74) is 0.772. The van der Waals surface area contributed by atoms with E-state index >= 15 is 0 Å². The van der Waals surface area contributed by atoms with Crippen molar-refractivity contribution in [2.24, 2.45) is 0 Å². The molecule has 0 bridgehead atoms. The number of aryl methyl sites for hydroxylation is 1. The molecule has 2 rings (SSSR count). The minimum absolute atomic E-state index is 0.00531. The fraction of sp³-hybridized carbons (Fsp3) is 0.625. The molecule has 1 aliphatic heterocycles. The van der Waals surface area contributed by atoms with Crippen molar-refractivity contribution in [3.63, 3.8) is 0 Å². The second-order valence-electron chi connectivity index (χ2n) is 6.53. The standard InChI is InChI=1S/C16H26N4O4S/c1-14(19-10-8-18(2)9-11-19)13-17-25(23,24)12-7-15-3-5-16(6-4-15)20(21)22/h3-6,14,17H,7-13H2,1-2H3. The predicted molar refractivity (Wildman–Crippen MR) is 97.1 cm³/mol. The molecule has 0 spiro atoms. The van der Waals surface area contributed by atoms with E-state index in [1.807, 2.05) is 6.92 Å². The van der Waals surface area contributed by atoms with Gasteiger partial charge in [-0.05, 0) is 26.0 Å². The van der Waals surface area contributed by atoms with Crippen molar-refractivity contribution in [2.75, 3.05) is 45.5 Å². The molecule has 1 aromatic rings. The SMILES string of the molecule is CC(CNS(=O)(=O)CCc1ccc([N+](=O)[O-])cc1)N1CCN(C)CC1. The number of nitro benzene ring substituents is 1. The lowest BCUT2D eigenvalue weighted by atomic mass is 10.1. The van der Waals surface area contributed by atoms with Crippen molar-refractivity contribution < 1.29 is 13.3 Å². The molecule has 140 valence electrons. The summed E-state index contributed by atoms with van der Waals surface area (Å²) in [6.07, 6.45) is 0.330. The number of hydrogen-bond donors (Lipinski definition) is 1. The van der Waals surface area contributed by atoms with E-state index in [1.165, 1.54) is 12.1 Å². The number of rotatable bonds is 8. The molecule has 0 amide bonds. The molecule has 0 radical (unpaired) electrons. The first-order valence-electron chi connectivity index (χ1n) is 8.40. The minimum atomic E-state index is -3.37. The van der Waals surface area contributed by atoms with Crippen LogP contribution in [0, 0.1) is 10.1 Å². The van der Waals surface area contributed by atoms with Crippen LogP contribution in [0.15, 0.2) is 24.3 Å². The van der Waals surface area contributed by atoms with Crippen LogP contribution in [0.2, 0.25) is 0 Å². The third kappa shape index (κ3) is 6.35. The zero-order chi connectivity index (χ0) is 18.4. The lowest BCUT2D eigenvalue weighted by Crippen LogP contribution is -2.51. The van der Waals surface area contributed by atoms with Gasteiger partial charge < -0.3 is 4.90 Å². The molecular weight excluding hydrogens is 344 g/mol. The third-order valence-electron chi connectivity index (χ3n) is 4.57. The first kappa shape index (κ1) is 19.8. The van der Waals surface area contributed by atoms with Gasteiger partial charge in [-0.1, -0.05) is 12.1 Å². The second kappa shape index (κ2) is 8.70. The number of benzene rings is 1. The fourth-order valence-corrected chi connectivity index (χ4v) is 3.89. The maximum Gasteiger partial charge on any atom is 0.269 e. The van der Waals surface area contributed by atoms with E-state index in [2.05, 4.69) is 21.6 Å². The molecule has 1 heterocycles. The van der Waals surface area contributed by atoms with E-state index in [4.69, 9.17) is 0 Å². The van der Waals surface area contributed by atoms with Crippen LogP contribution in [0.3, 0.4) is 0 Å². The Hall–Kier alpha value is -1.55. The van der Waals surface area contributed by atoms with Crippen molar-refractivity contribution in [3.8, 4) is 0 Å². The zero-order valence-corrected chi connectivity index (χ0v) is 15.5. The Morgan fingerprint density at radius 1 is 1.20 bits per heavy atom. The normalized spacial score (nSPS) is 18.2. The van der Waals surface area contributed by atoms with Gasteiger partial charge in [-0.3, -0.25) is 15.0 Å². The average molecular weight is 370 g/mol. The van der Waals surface area contributed by atoms with Gasteiger partial charge in [0, 0.05) is 50.9 Å². The number of nitrogens with zero attached hydrogens (tertiary/aromatic N) is 3. The van der Waals surface area contributed by atoms with Gasteiger partial charge in [-0.25, -0.2) is 13.1 Å². The minimum Gasteiger partial charge on any atom is -0.304 e. The van der Waals surface area contributed by atoms with E-state index in [1.54, 1.807) is 12.1 Å². The van der Waals surface area contributed by atoms with Gasteiger partial charge in [-0.15, -0.1) is 0 Å². The molecule has 1 aliphatic rings. The van der Waals surface area contributed by atoms with Gasteiger partial charge in [0.05, 0.1) is 10.7 Å². The van der Waals surface area contributed by atoms with E-state index in [9.17, 15) is 18.5 Å². The molecule has 0 aromatic heterocycles. The number of hydrogen-bond acceptors (Lipinski definition) is 6. The monoisotopic (exact) mass is 370 g/mol. The number of non-ortho nitro benzene ring substituents is 1. The molecule has 1 fully saturated rings. The van der Waals surface area contributed by atoms with Crippen molar-refractivity contribution in [3.05, 3.63) is 39.9 Å². The average Bonchev–Trinajstić information content (AvgIpc) is 2.59. The summed E-state index contributed by atoms with van der Waals surface area (Å²) in [5.74, 6) is -0.0275. The maximum absolute atomic E-state index is 12.2. The van der Waals surface area contributed by atoms with Gasteiger partial charge in [0.2, 0.25) is 10.0 Å². The summed E-state index contributed by atoms with van der Waals surface area (Å²) >= 11 is 0.